The topological polar surface area (TPSA) is 79.6 Å². The van der Waals surface area contributed by atoms with Crippen LogP contribution in [0.25, 0.3) is 22.8 Å². The van der Waals surface area contributed by atoms with Gasteiger partial charge in [0, 0.05) is 23.4 Å². The van der Waals surface area contributed by atoms with Crippen LogP contribution in [-0.4, -0.2) is 20.2 Å². The number of aromatic nitrogens is 4. The molecule has 0 spiro atoms. The van der Waals surface area contributed by atoms with Crippen molar-refractivity contribution in [3.05, 3.63) is 66.6 Å². The van der Waals surface area contributed by atoms with E-state index in [1.807, 2.05) is 61.5 Å². The molecule has 0 aliphatic carbocycles. The number of hydrogen-bond acceptors (Lipinski definition) is 5. The van der Waals surface area contributed by atoms with Crippen LogP contribution in [0.4, 0.5) is 11.6 Å². The van der Waals surface area contributed by atoms with Crippen LogP contribution in [0.2, 0.25) is 0 Å². The maximum Gasteiger partial charge on any atom is 0.161 e. The fraction of sp³-hybridized carbons (Fsp3) is 0.0556. The minimum absolute atomic E-state index is 0.665. The van der Waals surface area contributed by atoms with E-state index in [1.54, 1.807) is 6.26 Å². The predicted molar refractivity (Wildman–Crippen MR) is 91.8 cm³/mol. The molecule has 0 aliphatic rings. The lowest BCUT2D eigenvalue weighted by Crippen LogP contribution is -1.99. The van der Waals surface area contributed by atoms with Crippen molar-refractivity contribution in [1.29, 1.82) is 0 Å². The first-order valence-corrected chi connectivity index (χ1v) is 7.55. The second-order valence-electron chi connectivity index (χ2n) is 5.35. The molecule has 0 radical (unpaired) electrons. The van der Waals surface area contributed by atoms with Crippen LogP contribution in [0.1, 0.15) is 5.69 Å². The molecule has 6 nitrogen and oxygen atoms in total. The quantitative estimate of drug-likeness (QED) is 0.590. The summed E-state index contributed by atoms with van der Waals surface area (Å²) in [5.74, 6) is 2.77. The molecular formula is C18H15N5O. The fourth-order valence-electron chi connectivity index (χ4n) is 2.42. The number of furan rings is 1. The molecule has 6 heteroatoms. The maximum atomic E-state index is 5.35. The first kappa shape index (κ1) is 14.2. The van der Waals surface area contributed by atoms with Crippen LogP contribution in [0.3, 0.4) is 0 Å². The Balaban J connectivity index is 1.62. The molecule has 3 heterocycles. The first-order valence-electron chi connectivity index (χ1n) is 7.55. The van der Waals surface area contributed by atoms with E-state index in [9.17, 15) is 0 Å². The number of rotatable bonds is 4. The Kier molecular flexibility index (Phi) is 3.55. The third kappa shape index (κ3) is 2.89. The van der Waals surface area contributed by atoms with Gasteiger partial charge < -0.3 is 9.73 Å². The fourth-order valence-corrected chi connectivity index (χ4v) is 2.42. The van der Waals surface area contributed by atoms with Crippen molar-refractivity contribution in [2.75, 3.05) is 5.32 Å². The van der Waals surface area contributed by atoms with Gasteiger partial charge in [-0.25, -0.2) is 9.97 Å². The van der Waals surface area contributed by atoms with E-state index in [1.165, 1.54) is 0 Å². The second kappa shape index (κ2) is 6.00. The van der Waals surface area contributed by atoms with Gasteiger partial charge in [0.1, 0.15) is 11.5 Å². The van der Waals surface area contributed by atoms with Gasteiger partial charge in [-0.2, -0.15) is 5.10 Å². The van der Waals surface area contributed by atoms with Crippen molar-refractivity contribution in [2.45, 2.75) is 6.92 Å². The van der Waals surface area contributed by atoms with E-state index < -0.39 is 0 Å². The van der Waals surface area contributed by atoms with Crippen LogP contribution in [0.5, 0.6) is 0 Å². The van der Waals surface area contributed by atoms with Crippen molar-refractivity contribution in [2.24, 2.45) is 0 Å². The smallest absolute Gasteiger partial charge is 0.161 e. The minimum Gasteiger partial charge on any atom is -0.463 e. The molecule has 4 rings (SSSR count). The molecule has 24 heavy (non-hydrogen) atoms. The summed E-state index contributed by atoms with van der Waals surface area (Å²) in [6.45, 7) is 1.94. The van der Waals surface area contributed by atoms with Gasteiger partial charge in [0.05, 0.1) is 6.26 Å². The molecule has 0 saturated carbocycles. The van der Waals surface area contributed by atoms with Crippen LogP contribution >= 0.6 is 0 Å². The van der Waals surface area contributed by atoms with E-state index in [0.29, 0.717) is 17.5 Å². The predicted octanol–water partition coefficient (Wildman–Crippen LogP) is 4.18. The summed E-state index contributed by atoms with van der Waals surface area (Å²) in [7, 11) is 0. The lowest BCUT2D eigenvalue weighted by Gasteiger charge is -2.06. The minimum atomic E-state index is 0.665. The highest BCUT2D eigenvalue weighted by atomic mass is 16.3. The molecule has 0 atom stereocenters. The van der Waals surface area contributed by atoms with Gasteiger partial charge in [0.15, 0.2) is 17.4 Å². The Hall–Kier alpha value is -3.41. The largest absolute Gasteiger partial charge is 0.463 e. The Morgan fingerprint density at radius 1 is 0.958 bits per heavy atom. The van der Waals surface area contributed by atoms with Crippen molar-refractivity contribution in [3.8, 4) is 22.8 Å². The number of aromatic amines is 1. The molecule has 3 aromatic heterocycles. The highest BCUT2D eigenvalue weighted by Gasteiger charge is 2.09. The maximum absolute atomic E-state index is 5.35. The van der Waals surface area contributed by atoms with Gasteiger partial charge in [-0.05, 0) is 19.1 Å². The summed E-state index contributed by atoms with van der Waals surface area (Å²) in [5.41, 5.74) is 2.66. The first-order chi connectivity index (χ1) is 11.8. The molecule has 0 bridgehead atoms. The van der Waals surface area contributed by atoms with Gasteiger partial charge >= 0.3 is 0 Å². The average molecular weight is 317 g/mol. The number of benzene rings is 1. The lowest BCUT2D eigenvalue weighted by molar-refractivity contribution is 0.580. The van der Waals surface area contributed by atoms with Crippen LogP contribution in [0, 0.1) is 6.92 Å². The molecule has 0 aliphatic heterocycles. The molecule has 0 unspecified atom stereocenters. The number of hydrogen-bond donors (Lipinski definition) is 2. The zero-order chi connectivity index (χ0) is 16.4. The van der Waals surface area contributed by atoms with Crippen LogP contribution in [0.15, 0.2) is 65.3 Å². The molecule has 118 valence electrons. The number of H-pyrrole nitrogens is 1. The molecule has 1 aromatic carbocycles. The van der Waals surface area contributed by atoms with Gasteiger partial charge in [-0.1, -0.05) is 30.3 Å². The standard InChI is InChI=1S/C18H15N5O/c1-12-10-16(21-18(19-12)13-6-3-2-4-7-13)20-17-11-14(22-23-17)15-8-5-9-24-15/h2-11H,1H3,(H2,19,20,21,22,23). The van der Waals surface area contributed by atoms with E-state index in [2.05, 4.69) is 25.5 Å². The summed E-state index contributed by atoms with van der Waals surface area (Å²) in [5, 5.41) is 10.4. The summed E-state index contributed by atoms with van der Waals surface area (Å²) in [6, 6.07) is 17.4. The molecule has 0 amide bonds. The van der Waals surface area contributed by atoms with Gasteiger partial charge in [0.25, 0.3) is 0 Å². The van der Waals surface area contributed by atoms with Crippen LogP contribution < -0.4 is 5.32 Å². The normalized spacial score (nSPS) is 10.7. The highest BCUT2D eigenvalue weighted by molar-refractivity contribution is 5.63. The Morgan fingerprint density at radius 2 is 1.83 bits per heavy atom. The third-order valence-electron chi connectivity index (χ3n) is 3.51. The van der Waals surface area contributed by atoms with E-state index >= 15 is 0 Å². The number of anilines is 2. The monoisotopic (exact) mass is 317 g/mol. The Labute approximate surface area is 138 Å². The summed E-state index contributed by atoms with van der Waals surface area (Å²) < 4.78 is 5.35. The molecule has 0 fully saturated rings. The van der Waals surface area contributed by atoms with E-state index in [0.717, 1.165) is 22.7 Å². The molecule has 0 saturated heterocycles. The molecule has 2 N–H and O–H groups in total. The summed E-state index contributed by atoms with van der Waals surface area (Å²) >= 11 is 0. The molecule has 4 aromatic rings. The second-order valence-corrected chi connectivity index (χ2v) is 5.35. The van der Waals surface area contributed by atoms with Gasteiger partial charge in [-0.3, -0.25) is 5.10 Å². The number of aryl methyl sites for hydroxylation is 1. The number of nitrogens with one attached hydrogen (secondary N) is 2. The van der Waals surface area contributed by atoms with Crippen molar-refractivity contribution in [3.63, 3.8) is 0 Å². The summed E-state index contributed by atoms with van der Waals surface area (Å²) in [4.78, 5) is 9.07. The van der Waals surface area contributed by atoms with Gasteiger partial charge in [0.2, 0.25) is 0 Å². The van der Waals surface area contributed by atoms with Gasteiger partial charge in [-0.15, -0.1) is 0 Å². The zero-order valence-corrected chi connectivity index (χ0v) is 13.0. The Bertz CT molecular complexity index is 945. The lowest BCUT2D eigenvalue weighted by atomic mass is 10.2. The van der Waals surface area contributed by atoms with Crippen molar-refractivity contribution >= 4 is 11.6 Å². The van der Waals surface area contributed by atoms with E-state index in [4.69, 9.17) is 4.42 Å². The zero-order valence-electron chi connectivity index (χ0n) is 13.0. The summed E-state index contributed by atoms with van der Waals surface area (Å²) in [6.07, 6.45) is 1.63. The van der Waals surface area contributed by atoms with Crippen molar-refractivity contribution < 1.29 is 4.42 Å². The highest BCUT2D eigenvalue weighted by Crippen LogP contribution is 2.23. The third-order valence-corrected chi connectivity index (χ3v) is 3.51. The Morgan fingerprint density at radius 3 is 2.62 bits per heavy atom. The number of nitrogens with zero attached hydrogens (tertiary/aromatic N) is 3. The van der Waals surface area contributed by atoms with E-state index in [-0.39, 0.29) is 0 Å². The van der Waals surface area contributed by atoms with Crippen LogP contribution in [-0.2, 0) is 0 Å². The average Bonchev–Trinajstić information content (AvgIpc) is 3.26. The molecular weight excluding hydrogens is 302 g/mol. The SMILES string of the molecule is Cc1cc(Nc2cc(-c3ccco3)[nH]n2)nc(-c2ccccc2)n1. The van der Waals surface area contributed by atoms with Crippen molar-refractivity contribution in [1.82, 2.24) is 20.2 Å².